The summed E-state index contributed by atoms with van der Waals surface area (Å²) in [7, 11) is 0. The lowest BCUT2D eigenvalue weighted by Crippen LogP contribution is -2.25. The standard InChI is InChI=1S/C20H17ClN4O2S/c1-12-4-2-3-5-16(12)25-11-14(10-17(25)26)19-23-24-20(28-19)22-18(27)13-6-8-15(21)9-7-13/h2-9,14H,10-11H2,1H3,(H,22,24,27)/t14-/m1/s1. The molecule has 0 unspecified atom stereocenters. The van der Waals surface area contributed by atoms with Crippen molar-refractivity contribution < 1.29 is 9.59 Å². The molecule has 1 N–H and O–H groups in total. The second kappa shape index (κ2) is 7.69. The van der Waals surface area contributed by atoms with Crippen molar-refractivity contribution in [2.75, 3.05) is 16.8 Å². The van der Waals surface area contributed by atoms with E-state index < -0.39 is 0 Å². The molecule has 0 radical (unpaired) electrons. The summed E-state index contributed by atoms with van der Waals surface area (Å²) in [5.74, 6) is -0.240. The molecule has 2 heterocycles. The molecule has 3 aromatic rings. The Morgan fingerprint density at radius 3 is 2.68 bits per heavy atom. The van der Waals surface area contributed by atoms with Crippen LogP contribution in [0.3, 0.4) is 0 Å². The van der Waals surface area contributed by atoms with Crippen LogP contribution in [0.4, 0.5) is 10.8 Å². The molecular weight excluding hydrogens is 396 g/mol. The van der Waals surface area contributed by atoms with Crippen molar-refractivity contribution in [2.45, 2.75) is 19.3 Å². The highest BCUT2D eigenvalue weighted by Crippen LogP contribution is 2.35. The van der Waals surface area contributed by atoms with Crippen LogP contribution in [0, 0.1) is 6.92 Å². The number of hydrogen-bond donors (Lipinski definition) is 1. The molecule has 0 bridgehead atoms. The molecule has 6 nitrogen and oxygen atoms in total. The molecule has 1 atom stereocenters. The highest BCUT2D eigenvalue weighted by Gasteiger charge is 2.34. The van der Waals surface area contributed by atoms with Crippen LogP contribution in [-0.2, 0) is 4.79 Å². The van der Waals surface area contributed by atoms with Gasteiger partial charge in [0.15, 0.2) is 0 Å². The minimum Gasteiger partial charge on any atom is -0.311 e. The Balaban J connectivity index is 1.46. The van der Waals surface area contributed by atoms with Gasteiger partial charge in [-0.05, 0) is 42.8 Å². The number of halogens is 1. The van der Waals surface area contributed by atoms with Crippen LogP contribution in [0.5, 0.6) is 0 Å². The van der Waals surface area contributed by atoms with Gasteiger partial charge in [-0.3, -0.25) is 14.9 Å². The largest absolute Gasteiger partial charge is 0.311 e. The van der Waals surface area contributed by atoms with Crippen molar-refractivity contribution >= 4 is 45.6 Å². The number of para-hydroxylation sites is 1. The minimum absolute atomic E-state index is 0.0363. The van der Waals surface area contributed by atoms with E-state index in [2.05, 4.69) is 15.5 Å². The quantitative estimate of drug-likeness (QED) is 0.694. The van der Waals surface area contributed by atoms with Crippen LogP contribution in [0.25, 0.3) is 0 Å². The lowest BCUT2D eigenvalue weighted by Gasteiger charge is -2.18. The van der Waals surface area contributed by atoms with Crippen molar-refractivity contribution in [2.24, 2.45) is 0 Å². The summed E-state index contributed by atoms with van der Waals surface area (Å²) in [6, 6.07) is 14.4. The Hall–Kier alpha value is -2.77. The number of aryl methyl sites for hydroxylation is 1. The van der Waals surface area contributed by atoms with Gasteiger partial charge in [0.05, 0.1) is 0 Å². The van der Waals surface area contributed by atoms with Gasteiger partial charge in [-0.2, -0.15) is 0 Å². The Kier molecular flexibility index (Phi) is 5.11. The minimum atomic E-state index is -0.275. The first kappa shape index (κ1) is 18.6. The Labute approximate surface area is 171 Å². The zero-order chi connectivity index (χ0) is 19.7. The number of nitrogens with zero attached hydrogens (tertiary/aromatic N) is 3. The van der Waals surface area contributed by atoms with E-state index in [9.17, 15) is 9.59 Å². The molecule has 2 amide bonds. The van der Waals surface area contributed by atoms with E-state index in [1.54, 1.807) is 29.2 Å². The molecule has 1 aromatic heterocycles. The van der Waals surface area contributed by atoms with Gasteiger partial charge in [-0.15, -0.1) is 10.2 Å². The fourth-order valence-corrected chi connectivity index (χ4v) is 4.15. The first-order valence-electron chi connectivity index (χ1n) is 8.77. The van der Waals surface area contributed by atoms with Crippen LogP contribution in [0.2, 0.25) is 5.02 Å². The van der Waals surface area contributed by atoms with E-state index in [4.69, 9.17) is 11.6 Å². The molecule has 28 heavy (non-hydrogen) atoms. The van der Waals surface area contributed by atoms with E-state index >= 15 is 0 Å². The van der Waals surface area contributed by atoms with Crippen LogP contribution in [-0.4, -0.2) is 28.6 Å². The molecule has 1 saturated heterocycles. The SMILES string of the molecule is Cc1ccccc1N1C[C@H](c2nnc(NC(=O)c3ccc(Cl)cc3)s2)CC1=O. The number of rotatable bonds is 4. The van der Waals surface area contributed by atoms with Crippen LogP contribution >= 0.6 is 22.9 Å². The number of carbonyl (C=O) groups excluding carboxylic acids is 2. The summed E-state index contributed by atoms with van der Waals surface area (Å²) in [5.41, 5.74) is 2.48. The molecule has 4 rings (SSSR count). The third-order valence-electron chi connectivity index (χ3n) is 4.65. The average Bonchev–Trinajstić information content (AvgIpc) is 3.29. The zero-order valence-electron chi connectivity index (χ0n) is 15.1. The van der Waals surface area contributed by atoms with Gasteiger partial charge >= 0.3 is 0 Å². The topological polar surface area (TPSA) is 75.2 Å². The van der Waals surface area contributed by atoms with E-state index in [-0.39, 0.29) is 17.7 Å². The normalized spacial score (nSPS) is 16.4. The molecule has 1 aliphatic rings. The molecule has 1 fully saturated rings. The maximum absolute atomic E-state index is 12.5. The monoisotopic (exact) mass is 412 g/mol. The van der Waals surface area contributed by atoms with E-state index in [1.807, 2.05) is 31.2 Å². The highest BCUT2D eigenvalue weighted by atomic mass is 35.5. The number of aromatic nitrogens is 2. The Bertz CT molecular complexity index is 1030. The van der Waals surface area contributed by atoms with Crippen LogP contribution in [0.1, 0.15) is 33.3 Å². The van der Waals surface area contributed by atoms with Crippen molar-refractivity contribution in [1.29, 1.82) is 0 Å². The lowest BCUT2D eigenvalue weighted by molar-refractivity contribution is -0.117. The van der Waals surface area contributed by atoms with Gasteiger partial charge in [0.25, 0.3) is 5.91 Å². The number of carbonyl (C=O) groups is 2. The Morgan fingerprint density at radius 2 is 1.93 bits per heavy atom. The highest BCUT2D eigenvalue weighted by molar-refractivity contribution is 7.15. The van der Waals surface area contributed by atoms with Gasteiger partial charge < -0.3 is 4.90 Å². The predicted octanol–water partition coefficient (Wildman–Crippen LogP) is 4.27. The van der Waals surface area contributed by atoms with Gasteiger partial charge in [0, 0.05) is 35.2 Å². The first-order valence-corrected chi connectivity index (χ1v) is 9.97. The third-order valence-corrected chi connectivity index (χ3v) is 5.90. The summed E-state index contributed by atoms with van der Waals surface area (Å²) < 4.78 is 0. The molecule has 1 aliphatic heterocycles. The molecule has 0 spiro atoms. The maximum atomic E-state index is 12.5. The van der Waals surface area contributed by atoms with Crippen LogP contribution in [0.15, 0.2) is 48.5 Å². The third kappa shape index (κ3) is 3.76. The second-order valence-electron chi connectivity index (χ2n) is 6.60. The number of anilines is 2. The maximum Gasteiger partial charge on any atom is 0.257 e. The zero-order valence-corrected chi connectivity index (χ0v) is 16.6. The summed E-state index contributed by atoms with van der Waals surface area (Å²) in [6.45, 7) is 2.55. The Morgan fingerprint density at radius 1 is 1.18 bits per heavy atom. The molecular formula is C20H17ClN4O2S. The van der Waals surface area contributed by atoms with E-state index in [0.29, 0.717) is 28.7 Å². The predicted molar refractivity (Wildman–Crippen MR) is 110 cm³/mol. The molecule has 0 saturated carbocycles. The van der Waals surface area contributed by atoms with E-state index in [1.165, 1.54) is 11.3 Å². The van der Waals surface area contributed by atoms with Gasteiger partial charge in [-0.1, -0.05) is 41.1 Å². The van der Waals surface area contributed by atoms with Crippen molar-refractivity contribution in [3.63, 3.8) is 0 Å². The fourth-order valence-electron chi connectivity index (χ4n) is 3.19. The van der Waals surface area contributed by atoms with Crippen molar-refractivity contribution in [1.82, 2.24) is 10.2 Å². The summed E-state index contributed by atoms with van der Waals surface area (Å²) in [5, 5.41) is 12.7. The van der Waals surface area contributed by atoms with Crippen molar-refractivity contribution in [3.05, 3.63) is 69.7 Å². The molecule has 2 aromatic carbocycles. The smallest absolute Gasteiger partial charge is 0.257 e. The second-order valence-corrected chi connectivity index (χ2v) is 8.04. The van der Waals surface area contributed by atoms with Gasteiger partial charge in [-0.25, -0.2) is 0 Å². The van der Waals surface area contributed by atoms with Gasteiger partial charge in [0.1, 0.15) is 5.01 Å². The molecule has 142 valence electrons. The number of hydrogen-bond acceptors (Lipinski definition) is 5. The van der Waals surface area contributed by atoms with E-state index in [0.717, 1.165) is 16.3 Å². The van der Waals surface area contributed by atoms with Crippen LogP contribution < -0.4 is 10.2 Å². The summed E-state index contributed by atoms with van der Waals surface area (Å²) in [4.78, 5) is 26.6. The number of amides is 2. The lowest BCUT2D eigenvalue weighted by atomic mass is 10.1. The number of benzene rings is 2. The number of nitrogens with one attached hydrogen (secondary N) is 1. The molecule has 8 heteroatoms. The fraction of sp³-hybridized carbons (Fsp3) is 0.200. The summed E-state index contributed by atoms with van der Waals surface area (Å²) >= 11 is 7.15. The summed E-state index contributed by atoms with van der Waals surface area (Å²) in [6.07, 6.45) is 0.383. The molecule has 0 aliphatic carbocycles. The first-order chi connectivity index (χ1) is 13.5. The van der Waals surface area contributed by atoms with Crippen molar-refractivity contribution in [3.8, 4) is 0 Å². The average molecular weight is 413 g/mol. The van der Waals surface area contributed by atoms with Gasteiger partial charge in [0.2, 0.25) is 11.0 Å².